The largest absolute Gasteiger partial charge is 0.378 e. The molecule has 5 nitrogen and oxygen atoms in total. The topological polar surface area (TPSA) is 64.0 Å². The normalized spacial score (nSPS) is 22.6. The van der Waals surface area contributed by atoms with Gasteiger partial charge in [-0.05, 0) is 34.1 Å². The standard InChI is InChI=1S/C12H21N3O2S/c1-8(2)15-10(4)12(9(3)14-15)13-11-5-6-18(16,17)7-11/h8,11,13H,5-7H2,1-4H3. The van der Waals surface area contributed by atoms with E-state index in [1.807, 2.05) is 18.5 Å². The van der Waals surface area contributed by atoms with Gasteiger partial charge in [0.1, 0.15) is 0 Å². The quantitative estimate of drug-likeness (QED) is 0.908. The second-order valence-corrected chi connectivity index (χ2v) is 7.56. The molecular weight excluding hydrogens is 250 g/mol. The van der Waals surface area contributed by atoms with Gasteiger partial charge in [-0.2, -0.15) is 5.10 Å². The first-order chi connectivity index (χ1) is 8.30. The Kier molecular flexibility index (Phi) is 3.40. The van der Waals surface area contributed by atoms with Gasteiger partial charge in [-0.1, -0.05) is 0 Å². The highest BCUT2D eigenvalue weighted by atomic mass is 32.2. The van der Waals surface area contributed by atoms with Crippen molar-refractivity contribution in [3.05, 3.63) is 11.4 Å². The molecule has 0 aliphatic carbocycles. The third-order valence-electron chi connectivity index (χ3n) is 3.40. The van der Waals surface area contributed by atoms with Gasteiger partial charge in [-0.3, -0.25) is 4.68 Å². The van der Waals surface area contributed by atoms with Crippen molar-refractivity contribution in [2.75, 3.05) is 16.8 Å². The van der Waals surface area contributed by atoms with Crippen LogP contribution in [0.15, 0.2) is 0 Å². The summed E-state index contributed by atoms with van der Waals surface area (Å²) in [5.74, 6) is 0.528. The maximum atomic E-state index is 11.5. The average molecular weight is 271 g/mol. The predicted molar refractivity (Wildman–Crippen MR) is 72.8 cm³/mol. The highest BCUT2D eigenvalue weighted by Crippen LogP contribution is 2.25. The number of nitrogens with one attached hydrogen (secondary N) is 1. The first-order valence-corrected chi connectivity index (χ1v) is 8.15. The van der Waals surface area contributed by atoms with Gasteiger partial charge in [0, 0.05) is 12.1 Å². The van der Waals surface area contributed by atoms with E-state index < -0.39 is 9.84 Å². The number of aromatic nitrogens is 2. The lowest BCUT2D eigenvalue weighted by Gasteiger charge is -2.13. The van der Waals surface area contributed by atoms with Crippen molar-refractivity contribution in [3.8, 4) is 0 Å². The molecule has 6 heteroatoms. The third kappa shape index (κ3) is 2.53. The fraction of sp³-hybridized carbons (Fsp3) is 0.750. The number of hydrogen-bond acceptors (Lipinski definition) is 4. The smallest absolute Gasteiger partial charge is 0.152 e. The van der Waals surface area contributed by atoms with E-state index in [9.17, 15) is 8.42 Å². The van der Waals surface area contributed by atoms with Crippen LogP contribution in [0.25, 0.3) is 0 Å². The molecular formula is C12H21N3O2S. The average Bonchev–Trinajstić information content (AvgIpc) is 2.72. The molecule has 0 spiro atoms. The van der Waals surface area contributed by atoms with E-state index in [0.717, 1.165) is 17.1 Å². The number of sulfone groups is 1. The maximum Gasteiger partial charge on any atom is 0.152 e. The Balaban J connectivity index is 2.20. The Labute approximate surface area is 108 Å². The fourth-order valence-corrected chi connectivity index (χ4v) is 4.16. The van der Waals surface area contributed by atoms with Gasteiger partial charge >= 0.3 is 0 Å². The number of rotatable bonds is 3. The highest BCUT2D eigenvalue weighted by Gasteiger charge is 2.29. The summed E-state index contributed by atoms with van der Waals surface area (Å²) in [7, 11) is -2.84. The molecule has 2 heterocycles. The van der Waals surface area contributed by atoms with Crippen molar-refractivity contribution < 1.29 is 8.42 Å². The molecule has 0 saturated carbocycles. The number of aryl methyl sites for hydroxylation is 1. The Bertz CT molecular complexity index is 546. The molecule has 1 aliphatic heterocycles. The molecule has 1 unspecified atom stereocenters. The molecule has 1 atom stereocenters. The van der Waals surface area contributed by atoms with Gasteiger partial charge in [0.05, 0.1) is 28.6 Å². The van der Waals surface area contributed by atoms with E-state index in [0.29, 0.717) is 18.2 Å². The lowest BCUT2D eigenvalue weighted by Crippen LogP contribution is -2.21. The van der Waals surface area contributed by atoms with E-state index in [4.69, 9.17) is 0 Å². The summed E-state index contributed by atoms with van der Waals surface area (Å²) in [6.45, 7) is 8.15. The summed E-state index contributed by atoms with van der Waals surface area (Å²) >= 11 is 0. The van der Waals surface area contributed by atoms with Crippen LogP contribution in [0.3, 0.4) is 0 Å². The van der Waals surface area contributed by atoms with Crippen LogP contribution < -0.4 is 5.32 Å². The molecule has 2 rings (SSSR count). The molecule has 0 aromatic carbocycles. The van der Waals surface area contributed by atoms with E-state index in [-0.39, 0.29) is 11.8 Å². The van der Waals surface area contributed by atoms with Crippen LogP contribution in [0.4, 0.5) is 5.69 Å². The summed E-state index contributed by atoms with van der Waals surface area (Å²) in [6.07, 6.45) is 0.689. The van der Waals surface area contributed by atoms with Crippen LogP contribution >= 0.6 is 0 Å². The summed E-state index contributed by atoms with van der Waals surface area (Å²) in [6, 6.07) is 0.337. The number of anilines is 1. The molecule has 1 saturated heterocycles. The highest BCUT2D eigenvalue weighted by molar-refractivity contribution is 7.91. The van der Waals surface area contributed by atoms with Gasteiger partial charge in [0.25, 0.3) is 0 Å². The molecule has 1 aromatic rings. The van der Waals surface area contributed by atoms with Crippen molar-refractivity contribution in [3.63, 3.8) is 0 Å². The van der Waals surface area contributed by atoms with E-state index in [1.54, 1.807) is 0 Å². The van der Waals surface area contributed by atoms with Crippen LogP contribution in [-0.2, 0) is 9.84 Å². The molecule has 1 N–H and O–H groups in total. The number of hydrogen-bond donors (Lipinski definition) is 1. The fourth-order valence-electron chi connectivity index (χ4n) is 2.49. The second kappa shape index (κ2) is 4.57. The van der Waals surface area contributed by atoms with Crippen molar-refractivity contribution >= 4 is 15.5 Å². The van der Waals surface area contributed by atoms with E-state index in [2.05, 4.69) is 24.3 Å². The van der Waals surface area contributed by atoms with Crippen molar-refractivity contribution in [1.29, 1.82) is 0 Å². The van der Waals surface area contributed by atoms with E-state index >= 15 is 0 Å². The third-order valence-corrected chi connectivity index (χ3v) is 5.16. The van der Waals surface area contributed by atoms with Crippen molar-refractivity contribution in [2.24, 2.45) is 0 Å². The lowest BCUT2D eigenvalue weighted by atomic mass is 10.2. The SMILES string of the molecule is Cc1nn(C(C)C)c(C)c1NC1CCS(=O)(=O)C1. The van der Waals surface area contributed by atoms with Crippen LogP contribution in [-0.4, -0.2) is 35.7 Å². The van der Waals surface area contributed by atoms with Crippen molar-refractivity contribution in [1.82, 2.24) is 9.78 Å². The van der Waals surface area contributed by atoms with Crippen molar-refractivity contribution in [2.45, 2.75) is 46.2 Å². The number of nitrogens with zero attached hydrogens (tertiary/aromatic N) is 2. The van der Waals surface area contributed by atoms with Gasteiger partial charge in [0.2, 0.25) is 0 Å². The Hall–Kier alpha value is -1.04. The van der Waals surface area contributed by atoms with Gasteiger partial charge < -0.3 is 5.32 Å². The summed E-state index contributed by atoms with van der Waals surface area (Å²) in [4.78, 5) is 0. The Morgan fingerprint density at radius 1 is 1.39 bits per heavy atom. The van der Waals surface area contributed by atoms with Gasteiger partial charge in [-0.25, -0.2) is 8.42 Å². The molecule has 1 aromatic heterocycles. The molecule has 0 amide bonds. The zero-order valence-corrected chi connectivity index (χ0v) is 12.2. The molecule has 1 fully saturated rings. The molecule has 102 valence electrons. The summed E-state index contributed by atoms with van der Waals surface area (Å²) in [5, 5.41) is 7.84. The van der Waals surface area contributed by atoms with Gasteiger partial charge in [0.15, 0.2) is 9.84 Å². The molecule has 1 aliphatic rings. The van der Waals surface area contributed by atoms with Crippen LogP contribution in [0.5, 0.6) is 0 Å². The minimum absolute atomic E-state index is 0.0252. The van der Waals surface area contributed by atoms with Crippen LogP contribution in [0.2, 0.25) is 0 Å². The molecule has 0 radical (unpaired) electrons. The van der Waals surface area contributed by atoms with Gasteiger partial charge in [-0.15, -0.1) is 0 Å². The van der Waals surface area contributed by atoms with Crippen LogP contribution in [0.1, 0.15) is 37.7 Å². The van der Waals surface area contributed by atoms with Crippen LogP contribution in [0, 0.1) is 13.8 Å². The molecule has 0 bridgehead atoms. The maximum absolute atomic E-state index is 11.5. The minimum atomic E-state index is -2.84. The van der Waals surface area contributed by atoms with E-state index in [1.165, 1.54) is 0 Å². The molecule has 18 heavy (non-hydrogen) atoms. The summed E-state index contributed by atoms with van der Waals surface area (Å²) in [5.41, 5.74) is 3.00. The monoisotopic (exact) mass is 271 g/mol. The lowest BCUT2D eigenvalue weighted by molar-refractivity contribution is 0.516. The predicted octanol–water partition coefficient (Wildman–Crippen LogP) is 1.68. The summed E-state index contributed by atoms with van der Waals surface area (Å²) < 4.78 is 24.9. The second-order valence-electron chi connectivity index (χ2n) is 5.33. The zero-order chi connectivity index (χ0) is 13.5. The Morgan fingerprint density at radius 3 is 2.50 bits per heavy atom. The zero-order valence-electron chi connectivity index (χ0n) is 11.4. The first-order valence-electron chi connectivity index (χ1n) is 6.33. The Morgan fingerprint density at radius 2 is 2.06 bits per heavy atom. The minimum Gasteiger partial charge on any atom is -0.378 e. The first kappa shape index (κ1) is 13.4.